The van der Waals surface area contributed by atoms with Crippen LogP contribution in [0.15, 0.2) is 29.4 Å². The lowest BCUT2D eigenvalue weighted by Gasteiger charge is -2.21. The Morgan fingerprint density at radius 2 is 2.11 bits per heavy atom. The maximum Gasteiger partial charge on any atom is 0.191 e. The van der Waals surface area contributed by atoms with Crippen LogP contribution in [0.4, 0.5) is 0 Å². The van der Waals surface area contributed by atoms with Crippen LogP contribution in [-0.4, -0.2) is 52.9 Å². The Hall–Kier alpha value is -2.15. The highest BCUT2D eigenvalue weighted by molar-refractivity contribution is 5.79. The van der Waals surface area contributed by atoms with E-state index in [-0.39, 0.29) is 0 Å². The zero-order valence-electron chi connectivity index (χ0n) is 16.4. The van der Waals surface area contributed by atoms with Gasteiger partial charge in [0.05, 0.1) is 6.10 Å². The first kappa shape index (κ1) is 19.6. The summed E-state index contributed by atoms with van der Waals surface area (Å²) in [5.41, 5.74) is 0.881. The Morgan fingerprint density at radius 1 is 1.22 bits per heavy atom. The Bertz CT molecular complexity index is 707. The van der Waals surface area contributed by atoms with Gasteiger partial charge in [-0.3, -0.25) is 9.39 Å². The fourth-order valence-corrected chi connectivity index (χ4v) is 3.43. The molecule has 0 atom stereocenters. The summed E-state index contributed by atoms with van der Waals surface area (Å²) < 4.78 is 7.99. The van der Waals surface area contributed by atoms with Crippen molar-refractivity contribution in [2.75, 3.05) is 26.2 Å². The van der Waals surface area contributed by atoms with Crippen molar-refractivity contribution in [1.82, 2.24) is 25.2 Å². The van der Waals surface area contributed by atoms with Crippen LogP contribution in [0.1, 0.15) is 51.3 Å². The van der Waals surface area contributed by atoms with Crippen molar-refractivity contribution < 1.29 is 4.74 Å². The number of aromatic nitrogens is 3. The summed E-state index contributed by atoms with van der Waals surface area (Å²) in [6.45, 7) is 5.27. The van der Waals surface area contributed by atoms with E-state index in [9.17, 15) is 0 Å². The smallest absolute Gasteiger partial charge is 0.191 e. The van der Waals surface area contributed by atoms with Crippen LogP contribution in [0.2, 0.25) is 0 Å². The maximum absolute atomic E-state index is 5.97. The van der Waals surface area contributed by atoms with Gasteiger partial charge in [0.1, 0.15) is 5.82 Å². The minimum absolute atomic E-state index is 0.479. The van der Waals surface area contributed by atoms with Crippen molar-refractivity contribution in [3.63, 3.8) is 0 Å². The van der Waals surface area contributed by atoms with Crippen molar-refractivity contribution in [3.05, 3.63) is 30.2 Å². The highest BCUT2D eigenvalue weighted by Gasteiger charge is 2.12. The molecule has 2 N–H and O–H groups in total. The molecule has 1 fully saturated rings. The molecular formula is C20H32N6O. The van der Waals surface area contributed by atoms with Crippen LogP contribution < -0.4 is 10.6 Å². The predicted molar refractivity (Wildman–Crippen MR) is 108 cm³/mol. The number of ether oxygens (including phenoxy) is 1. The number of nitrogens with one attached hydrogen (secondary N) is 2. The number of aliphatic imine (C=N–C) groups is 1. The lowest BCUT2D eigenvalue weighted by Crippen LogP contribution is -2.38. The van der Waals surface area contributed by atoms with Gasteiger partial charge < -0.3 is 15.4 Å². The Labute approximate surface area is 161 Å². The summed E-state index contributed by atoms with van der Waals surface area (Å²) in [5.74, 6) is 1.80. The molecule has 0 spiro atoms. The molecule has 0 unspecified atom stereocenters. The monoisotopic (exact) mass is 372 g/mol. The van der Waals surface area contributed by atoms with Crippen molar-refractivity contribution >= 4 is 11.6 Å². The van der Waals surface area contributed by atoms with E-state index in [4.69, 9.17) is 4.74 Å². The van der Waals surface area contributed by atoms with E-state index in [0.717, 1.165) is 56.5 Å². The zero-order chi connectivity index (χ0) is 18.7. The van der Waals surface area contributed by atoms with Crippen LogP contribution in [0.3, 0.4) is 0 Å². The maximum atomic E-state index is 5.97. The van der Waals surface area contributed by atoms with Crippen molar-refractivity contribution in [1.29, 1.82) is 0 Å². The van der Waals surface area contributed by atoms with Gasteiger partial charge in [0.15, 0.2) is 11.6 Å². The summed E-state index contributed by atoms with van der Waals surface area (Å²) in [4.78, 5) is 4.65. The van der Waals surface area contributed by atoms with Gasteiger partial charge >= 0.3 is 0 Å². The summed E-state index contributed by atoms with van der Waals surface area (Å²) in [6, 6.07) is 5.93. The van der Waals surface area contributed by atoms with E-state index < -0.39 is 0 Å². The molecule has 3 rings (SSSR count). The lowest BCUT2D eigenvalue weighted by atomic mass is 9.98. The number of nitrogens with zero attached hydrogens (tertiary/aromatic N) is 4. The van der Waals surface area contributed by atoms with E-state index in [1.165, 1.54) is 32.1 Å². The molecular weight excluding hydrogens is 340 g/mol. The number of guanidine groups is 1. The molecule has 0 aliphatic heterocycles. The third kappa shape index (κ3) is 6.20. The molecule has 148 valence electrons. The average molecular weight is 373 g/mol. The standard InChI is InChI=1S/C20H32N6O/c1-2-21-20(22-13-8-16-27-17-9-4-3-5-10-17)23-14-12-19-25-24-18-11-6-7-15-26(18)19/h6-7,11,15,17H,2-5,8-10,12-14,16H2,1H3,(H2,21,22,23). The first-order valence-electron chi connectivity index (χ1n) is 10.3. The second-order valence-corrected chi connectivity index (χ2v) is 6.97. The molecule has 7 heteroatoms. The van der Waals surface area contributed by atoms with Crippen molar-refractivity contribution in [2.24, 2.45) is 4.99 Å². The Balaban J connectivity index is 1.38. The lowest BCUT2D eigenvalue weighted by molar-refractivity contribution is 0.0281. The van der Waals surface area contributed by atoms with Crippen molar-refractivity contribution in [2.45, 2.75) is 58.0 Å². The van der Waals surface area contributed by atoms with Gasteiger partial charge in [-0.05, 0) is 38.3 Å². The molecule has 2 heterocycles. The van der Waals surface area contributed by atoms with E-state index in [0.29, 0.717) is 6.10 Å². The summed E-state index contributed by atoms with van der Waals surface area (Å²) in [6.07, 6.45) is 10.7. The van der Waals surface area contributed by atoms with Gasteiger partial charge in [0, 0.05) is 38.9 Å². The topological polar surface area (TPSA) is 75.8 Å². The first-order chi connectivity index (χ1) is 13.4. The minimum atomic E-state index is 0.479. The molecule has 1 saturated carbocycles. The molecule has 7 nitrogen and oxygen atoms in total. The van der Waals surface area contributed by atoms with Gasteiger partial charge in [-0.25, -0.2) is 0 Å². The second-order valence-electron chi connectivity index (χ2n) is 6.97. The summed E-state index contributed by atoms with van der Waals surface area (Å²) in [7, 11) is 0. The van der Waals surface area contributed by atoms with Gasteiger partial charge in [0.25, 0.3) is 0 Å². The van der Waals surface area contributed by atoms with Crippen LogP contribution in [-0.2, 0) is 11.2 Å². The van der Waals surface area contributed by atoms with Crippen LogP contribution >= 0.6 is 0 Å². The van der Waals surface area contributed by atoms with Gasteiger partial charge in [0.2, 0.25) is 0 Å². The van der Waals surface area contributed by atoms with Crippen LogP contribution in [0, 0.1) is 0 Å². The van der Waals surface area contributed by atoms with Crippen molar-refractivity contribution in [3.8, 4) is 0 Å². The number of rotatable bonds is 9. The third-order valence-electron chi connectivity index (χ3n) is 4.85. The molecule has 1 aliphatic rings. The zero-order valence-corrected chi connectivity index (χ0v) is 16.4. The number of hydrogen-bond donors (Lipinski definition) is 2. The average Bonchev–Trinajstić information content (AvgIpc) is 3.12. The molecule has 2 aromatic rings. The highest BCUT2D eigenvalue weighted by atomic mass is 16.5. The van der Waals surface area contributed by atoms with Gasteiger partial charge in [-0.15, -0.1) is 10.2 Å². The molecule has 0 saturated heterocycles. The van der Waals surface area contributed by atoms with E-state index in [1.807, 2.05) is 28.8 Å². The Morgan fingerprint density at radius 3 is 2.96 bits per heavy atom. The van der Waals surface area contributed by atoms with E-state index in [2.05, 4.69) is 32.7 Å². The second kappa shape index (κ2) is 10.9. The third-order valence-corrected chi connectivity index (χ3v) is 4.85. The molecule has 0 bridgehead atoms. The normalized spacial score (nSPS) is 16.0. The Kier molecular flexibility index (Phi) is 7.89. The number of fused-ring (bicyclic) bond motifs is 1. The predicted octanol–water partition coefficient (Wildman–Crippen LogP) is 2.57. The van der Waals surface area contributed by atoms with Crippen LogP contribution in [0.25, 0.3) is 5.65 Å². The molecule has 0 radical (unpaired) electrons. The van der Waals surface area contributed by atoms with E-state index in [1.54, 1.807) is 0 Å². The van der Waals surface area contributed by atoms with Crippen LogP contribution in [0.5, 0.6) is 0 Å². The molecule has 2 aromatic heterocycles. The molecule has 27 heavy (non-hydrogen) atoms. The minimum Gasteiger partial charge on any atom is -0.378 e. The largest absolute Gasteiger partial charge is 0.378 e. The molecule has 0 amide bonds. The highest BCUT2D eigenvalue weighted by Crippen LogP contribution is 2.20. The van der Waals surface area contributed by atoms with Gasteiger partial charge in [-0.2, -0.15) is 0 Å². The number of pyridine rings is 1. The molecule has 1 aliphatic carbocycles. The van der Waals surface area contributed by atoms with Gasteiger partial charge in [-0.1, -0.05) is 25.3 Å². The fourth-order valence-electron chi connectivity index (χ4n) is 3.43. The van der Waals surface area contributed by atoms with E-state index >= 15 is 0 Å². The summed E-state index contributed by atoms with van der Waals surface area (Å²) >= 11 is 0. The quantitative estimate of drug-likeness (QED) is 0.402. The SMILES string of the molecule is CCNC(=NCCCOC1CCCCC1)NCCc1nnc2ccccn12. The summed E-state index contributed by atoms with van der Waals surface area (Å²) in [5, 5.41) is 15.1. The fraction of sp³-hybridized carbons (Fsp3) is 0.650. The first-order valence-corrected chi connectivity index (χ1v) is 10.3. The molecule has 0 aromatic carbocycles. The number of hydrogen-bond acceptors (Lipinski definition) is 4.